The molecular formula is C8H8F3N3O2. The quantitative estimate of drug-likeness (QED) is 0.836. The van der Waals surface area contributed by atoms with Crippen molar-refractivity contribution in [3.63, 3.8) is 0 Å². The van der Waals surface area contributed by atoms with Gasteiger partial charge in [-0.2, -0.15) is 18.3 Å². The summed E-state index contributed by atoms with van der Waals surface area (Å²) >= 11 is 0. The zero-order valence-electron chi connectivity index (χ0n) is 8.21. The summed E-state index contributed by atoms with van der Waals surface area (Å²) in [4.78, 5) is 4.72. The molecule has 1 aliphatic heterocycles. The van der Waals surface area contributed by atoms with Gasteiger partial charge in [-0.1, -0.05) is 0 Å². The van der Waals surface area contributed by atoms with Crippen molar-refractivity contribution in [1.29, 1.82) is 0 Å². The first kappa shape index (κ1) is 10.8. The highest BCUT2D eigenvalue weighted by atomic mass is 19.4. The molecule has 2 rings (SSSR count). The van der Waals surface area contributed by atoms with Crippen LogP contribution in [0.5, 0.6) is 5.88 Å². The predicted molar refractivity (Wildman–Crippen MR) is 46.0 cm³/mol. The largest absolute Gasteiger partial charge is 0.435 e. The lowest BCUT2D eigenvalue weighted by Gasteiger charge is -2.04. The number of nitrogens with one attached hydrogen (secondary N) is 1. The van der Waals surface area contributed by atoms with E-state index in [1.165, 1.54) is 7.05 Å². The lowest BCUT2D eigenvalue weighted by atomic mass is 10.4. The van der Waals surface area contributed by atoms with Crippen LogP contribution >= 0.6 is 0 Å². The van der Waals surface area contributed by atoms with Gasteiger partial charge in [0.05, 0.1) is 6.61 Å². The molecule has 0 atom stereocenters. The Hall–Kier alpha value is -1.70. The van der Waals surface area contributed by atoms with E-state index in [1.807, 2.05) is 0 Å². The normalized spacial score (nSPS) is 15.9. The average molecular weight is 235 g/mol. The molecule has 0 saturated heterocycles. The number of aromatic nitrogens is 2. The molecule has 0 radical (unpaired) electrons. The summed E-state index contributed by atoms with van der Waals surface area (Å²) in [5.41, 5.74) is 1.40. The Kier molecular flexibility index (Phi) is 2.50. The summed E-state index contributed by atoms with van der Waals surface area (Å²) in [5, 5.41) is 3.29. The van der Waals surface area contributed by atoms with E-state index in [0.29, 0.717) is 6.61 Å². The fourth-order valence-corrected chi connectivity index (χ4v) is 1.13. The van der Waals surface area contributed by atoms with Crippen LogP contribution in [0.4, 0.5) is 13.2 Å². The van der Waals surface area contributed by atoms with Crippen LogP contribution in [-0.2, 0) is 18.1 Å². The van der Waals surface area contributed by atoms with Gasteiger partial charge in [0.1, 0.15) is 0 Å². The van der Waals surface area contributed by atoms with Crippen molar-refractivity contribution >= 4 is 0 Å². The maximum Gasteiger partial charge on any atom is 0.435 e. The van der Waals surface area contributed by atoms with Crippen molar-refractivity contribution in [1.82, 2.24) is 15.3 Å². The van der Waals surface area contributed by atoms with Crippen molar-refractivity contribution in [2.45, 2.75) is 6.18 Å². The molecule has 1 aromatic heterocycles. The third-order valence-electron chi connectivity index (χ3n) is 1.87. The fourth-order valence-electron chi connectivity index (χ4n) is 1.13. The molecule has 0 unspecified atom stereocenters. The van der Waals surface area contributed by atoms with Crippen LogP contribution in [0.3, 0.4) is 0 Å². The first-order valence-electron chi connectivity index (χ1n) is 4.34. The molecule has 0 aromatic carbocycles. The van der Waals surface area contributed by atoms with Crippen molar-refractivity contribution in [2.24, 2.45) is 7.05 Å². The zero-order valence-corrected chi connectivity index (χ0v) is 8.21. The molecule has 0 bridgehead atoms. The average Bonchev–Trinajstić information content (AvgIpc) is 2.76. The molecule has 5 nitrogen and oxygen atoms in total. The molecular weight excluding hydrogens is 227 g/mol. The summed E-state index contributed by atoms with van der Waals surface area (Å²) < 4.78 is 43.0. The van der Waals surface area contributed by atoms with Gasteiger partial charge in [0.15, 0.2) is 5.69 Å². The zero-order chi connectivity index (χ0) is 11.8. The number of hydroxylamine groups is 1. The molecule has 16 heavy (non-hydrogen) atoms. The smallest absolute Gasteiger partial charge is 0.421 e. The van der Waals surface area contributed by atoms with Gasteiger partial charge in [-0.15, -0.1) is 0 Å². The molecule has 8 heteroatoms. The number of hydrogen-bond donors (Lipinski definition) is 1. The van der Waals surface area contributed by atoms with Crippen LogP contribution in [0.15, 0.2) is 18.0 Å². The highest BCUT2D eigenvalue weighted by Gasteiger charge is 2.35. The highest BCUT2D eigenvalue weighted by molar-refractivity contribution is 5.20. The number of rotatable bonds is 2. The Morgan fingerprint density at radius 1 is 1.56 bits per heavy atom. The molecule has 1 aromatic rings. The Labute approximate surface area is 88.4 Å². The Bertz CT molecular complexity index is 425. The monoisotopic (exact) mass is 235 g/mol. The molecule has 88 valence electrons. The first-order valence-corrected chi connectivity index (χ1v) is 4.34. The van der Waals surface area contributed by atoms with Gasteiger partial charge >= 0.3 is 6.18 Å². The van der Waals surface area contributed by atoms with E-state index in [4.69, 9.17) is 9.57 Å². The van der Waals surface area contributed by atoms with Crippen LogP contribution in [0.1, 0.15) is 5.69 Å². The van der Waals surface area contributed by atoms with E-state index in [0.717, 1.165) is 10.7 Å². The second-order valence-corrected chi connectivity index (χ2v) is 3.07. The van der Waals surface area contributed by atoms with Gasteiger partial charge < -0.3 is 4.74 Å². The van der Waals surface area contributed by atoms with E-state index in [1.54, 1.807) is 6.08 Å². The minimum atomic E-state index is -4.48. The number of halogens is 3. The molecule has 0 aliphatic carbocycles. The molecule has 0 spiro atoms. The van der Waals surface area contributed by atoms with E-state index >= 15 is 0 Å². The first-order chi connectivity index (χ1) is 7.47. The Morgan fingerprint density at radius 3 is 2.81 bits per heavy atom. The van der Waals surface area contributed by atoms with Crippen LogP contribution in [0.25, 0.3) is 0 Å². The molecule has 0 amide bonds. The third kappa shape index (κ3) is 2.11. The standard InChI is InChI=1S/C8H8F3N3O2/c1-14-7(16-6-2-3-15-13-6)4-5(12-14)8(9,10)11/h2,4,13H,3H2,1H3. The van der Waals surface area contributed by atoms with Crippen molar-refractivity contribution in [2.75, 3.05) is 6.61 Å². The molecule has 1 N–H and O–H groups in total. The second-order valence-electron chi connectivity index (χ2n) is 3.07. The highest BCUT2D eigenvalue weighted by Crippen LogP contribution is 2.30. The summed E-state index contributed by atoms with van der Waals surface area (Å²) in [7, 11) is 1.36. The maximum atomic E-state index is 12.3. The topological polar surface area (TPSA) is 48.3 Å². The second kappa shape index (κ2) is 3.71. The van der Waals surface area contributed by atoms with Crippen molar-refractivity contribution in [3.8, 4) is 5.88 Å². The van der Waals surface area contributed by atoms with Crippen LogP contribution in [0, 0.1) is 0 Å². The van der Waals surface area contributed by atoms with Crippen molar-refractivity contribution in [3.05, 3.63) is 23.7 Å². The van der Waals surface area contributed by atoms with E-state index in [9.17, 15) is 13.2 Å². The molecule has 0 saturated carbocycles. The molecule has 2 heterocycles. The van der Waals surface area contributed by atoms with Gasteiger partial charge in [0, 0.05) is 19.2 Å². The summed E-state index contributed by atoms with van der Waals surface area (Å²) in [6.45, 7) is 0.305. The van der Waals surface area contributed by atoms with Crippen LogP contribution in [-0.4, -0.2) is 16.4 Å². The van der Waals surface area contributed by atoms with Crippen LogP contribution < -0.4 is 10.2 Å². The van der Waals surface area contributed by atoms with E-state index in [-0.39, 0.29) is 11.8 Å². The number of alkyl halides is 3. The summed E-state index contributed by atoms with van der Waals surface area (Å²) in [6, 6.07) is 0.820. The van der Waals surface area contributed by atoms with Crippen molar-refractivity contribution < 1.29 is 22.7 Å². The van der Waals surface area contributed by atoms with Gasteiger partial charge in [0.25, 0.3) is 0 Å². The number of ether oxygens (including phenoxy) is 1. The van der Waals surface area contributed by atoms with E-state index in [2.05, 4.69) is 10.6 Å². The van der Waals surface area contributed by atoms with Crippen LogP contribution in [0.2, 0.25) is 0 Å². The van der Waals surface area contributed by atoms with Gasteiger partial charge in [-0.3, -0.25) is 4.84 Å². The maximum absolute atomic E-state index is 12.3. The van der Waals surface area contributed by atoms with E-state index < -0.39 is 11.9 Å². The van der Waals surface area contributed by atoms with Gasteiger partial charge in [-0.05, 0) is 0 Å². The summed E-state index contributed by atoms with van der Waals surface area (Å²) in [6.07, 6.45) is -2.92. The minimum Gasteiger partial charge on any atom is -0.421 e. The fraction of sp³-hybridized carbons (Fsp3) is 0.375. The lowest BCUT2D eigenvalue weighted by molar-refractivity contribution is -0.141. The molecule has 1 aliphatic rings. The Morgan fingerprint density at radius 2 is 2.31 bits per heavy atom. The lowest BCUT2D eigenvalue weighted by Crippen LogP contribution is -2.12. The minimum absolute atomic E-state index is 0.0171. The number of hydrogen-bond acceptors (Lipinski definition) is 4. The summed E-state index contributed by atoms with van der Waals surface area (Å²) in [5.74, 6) is 0.230. The third-order valence-corrected chi connectivity index (χ3v) is 1.87. The Balaban J connectivity index is 2.18. The predicted octanol–water partition coefficient (Wildman–Crippen LogP) is 1.19. The van der Waals surface area contributed by atoms with Gasteiger partial charge in [-0.25, -0.2) is 10.2 Å². The molecule has 0 fully saturated rings. The SMILES string of the molecule is Cn1nc(C(F)(F)F)cc1OC1=CCON1. The number of nitrogens with zero attached hydrogens (tertiary/aromatic N) is 2. The number of aryl methyl sites for hydroxylation is 1. The van der Waals surface area contributed by atoms with Gasteiger partial charge in [0.2, 0.25) is 11.8 Å².